The molecule has 0 aromatic carbocycles. The van der Waals surface area contributed by atoms with Gasteiger partial charge in [0.2, 0.25) is 0 Å². The summed E-state index contributed by atoms with van der Waals surface area (Å²) < 4.78 is 0. The van der Waals surface area contributed by atoms with Gasteiger partial charge in [-0.1, -0.05) is 52.3 Å². The van der Waals surface area contributed by atoms with Crippen molar-refractivity contribution in [2.45, 2.75) is 40.5 Å². The maximum atomic E-state index is 3.18. The molecule has 0 N–H and O–H groups in total. The van der Waals surface area contributed by atoms with Gasteiger partial charge in [0.25, 0.3) is 0 Å². The second kappa shape index (κ2) is 7.15. The molecule has 69 valence electrons. The Bertz CT molecular complexity index is 140. The van der Waals surface area contributed by atoms with Crippen LogP contribution in [-0.2, 0) is 0 Å². The molecule has 0 rings (SSSR count). The molecule has 1 atom stereocenters. The van der Waals surface area contributed by atoms with Crippen molar-refractivity contribution in [2.75, 3.05) is 0 Å². The van der Waals surface area contributed by atoms with Crippen LogP contribution in [0.15, 0.2) is 18.2 Å². The fourth-order valence-corrected chi connectivity index (χ4v) is 0.728. The fraction of sp³-hybridized carbons (Fsp3) is 0.667. The highest BCUT2D eigenvalue weighted by Crippen LogP contribution is 2.02. The van der Waals surface area contributed by atoms with Crippen molar-refractivity contribution >= 4 is 0 Å². The highest BCUT2D eigenvalue weighted by molar-refractivity contribution is 4.97. The van der Waals surface area contributed by atoms with Gasteiger partial charge in [-0.3, -0.25) is 0 Å². The molecule has 0 amide bonds. The van der Waals surface area contributed by atoms with E-state index < -0.39 is 0 Å². The summed E-state index contributed by atoms with van der Waals surface area (Å²) >= 11 is 0. The molecule has 0 heterocycles. The van der Waals surface area contributed by atoms with Gasteiger partial charge >= 0.3 is 0 Å². The third-order valence-electron chi connectivity index (χ3n) is 1.87. The summed E-state index contributed by atoms with van der Waals surface area (Å²) in [7, 11) is 0. The first-order valence-corrected chi connectivity index (χ1v) is 4.91. The van der Waals surface area contributed by atoms with E-state index in [1.165, 1.54) is 6.42 Å². The van der Waals surface area contributed by atoms with Gasteiger partial charge in [0.1, 0.15) is 0 Å². The Morgan fingerprint density at radius 2 is 1.92 bits per heavy atom. The predicted molar refractivity (Wildman–Crippen MR) is 55.9 cm³/mol. The first-order chi connectivity index (χ1) is 5.66. The molecule has 0 spiro atoms. The normalized spacial score (nSPS) is 15.1. The molecule has 1 radical (unpaired) electrons. The van der Waals surface area contributed by atoms with Gasteiger partial charge in [-0.05, 0) is 24.3 Å². The standard InChI is InChI=1S/C12H21/c1-5-12(4)10-8-6-7-9-11(2)3/h7-8,10-12H,5,9H2,1-4H3. The number of hydrogen-bond donors (Lipinski definition) is 0. The van der Waals surface area contributed by atoms with Gasteiger partial charge < -0.3 is 0 Å². The minimum Gasteiger partial charge on any atom is -0.0811 e. The molecule has 0 aliphatic heterocycles. The summed E-state index contributed by atoms with van der Waals surface area (Å²) in [6.45, 7) is 8.86. The summed E-state index contributed by atoms with van der Waals surface area (Å²) in [5.41, 5.74) is 0. The second-order valence-electron chi connectivity index (χ2n) is 3.74. The summed E-state index contributed by atoms with van der Waals surface area (Å²) in [6.07, 6.45) is 11.9. The summed E-state index contributed by atoms with van der Waals surface area (Å²) in [6, 6.07) is 0. The highest BCUT2D eigenvalue weighted by atomic mass is 13.9. The predicted octanol–water partition coefficient (Wildman–Crippen LogP) is 3.99. The zero-order valence-electron chi connectivity index (χ0n) is 8.80. The van der Waals surface area contributed by atoms with Gasteiger partial charge in [-0.2, -0.15) is 0 Å². The lowest BCUT2D eigenvalue weighted by molar-refractivity contribution is 0.663. The molecule has 0 bridgehead atoms. The van der Waals surface area contributed by atoms with Crippen LogP contribution in [0.3, 0.4) is 0 Å². The van der Waals surface area contributed by atoms with Crippen LogP contribution in [0, 0.1) is 17.9 Å². The van der Waals surface area contributed by atoms with Crippen molar-refractivity contribution in [1.29, 1.82) is 0 Å². The Kier molecular flexibility index (Phi) is 6.84. The van der Waals surface area contributed by atoms with Gasteiger partial charge in [-0.25, -0.2) is 0 Å². The van der Waals surface area contributed by atoms with E-state index in [1.807, 2.05) is 6.08 Å². The van der Waals surface area contributed by atoms with E-state index in [1.54, 1.807) is 0 Å². The first-order valence-electron chi connectivity index (χ1n) is 4.91. The lowest BCUT2D eigenvalue weighted by Gasteiger charge is -1.97. The van der Waals surface area contributed by atoms with Crippen LogP contribution in [0.25, 0.3) is 0 Å². The molecule has 0 nitrogen and oxygen atoms in total. The van der Waals surface area contributed by atoms with Gasteiger partial charge in [-0.15, -0.1) is 0 Å². The molecule has 0 saturated heterocycles. The SMILES string of the molecule is CCC(C)C=C/[C]=C/CC(C)C. The van der Waals surface area contributed by atoms with E-state index in [0.717, 1.165) is 12.3 Å². The minimum absolute atomic E-state index is 0.685. The molecule has 12 heavy (non-hydrogen) atoms. The Morgan fingerprint density at radius 3 is 2.42 bits per heavy atom. The highest BCUT2D eigenvalue weighted by Gasteiger charge is 1.88. The molecule has 0 aliphatic rings. The number of hydrogen-bond acceptors (Lipinski definition) is 0. The van der Waals surface area contributed by atoms with Crippen LogP contribution in [0.5, 0.6) is 0 Å². The van der Waals surface area contributed by atoms with E-state index in [9.17, 15) is 0 Å². The van der Waals surface area contributed by atoms with Crippen LogP contribution >= 0.6 is 0 Å². The maximum Gasteiger partial charge on any atom is -0.0230 e. The van der Waals surface area contributed by atoms with Crippen molar-refractivity contribution in [1.82, 2.24) is 0 Å². The lowest BCUT2D eigenvalue weighted by atomic mass is 10.1. The van der Waals surface area contributed by atoms with E-state index in [-0.39, 0.29) is 0 Å². The summed E-state index contributed by atoms with van der Waals surface area (Å²) in [5, 5.41) is 0. The third kappa shape index (κ3) is 7.59. The molecule has 0 aliphatic carbocycles. The van der Waals surface area contributed by atoms with E-state index in [4.69, 9.17) is 0 Å². The van der Waals surface area contributed by atoms with Gasteiger partial charge in [0.15, 0.2) is 0 Å². The van der Waals surface area contributed by atoms with Crippen LogP contribution < -0.4 is 0 Å². The second-order valence-corrected chi connectivity index (χ2v) is 3.74. The summed E-state index contributed by atoms with van der Waals surface area (Å²) in [4.78, 5) is 0. The molecule has 0 aromatic rings. The van der Waals surface area contributed by atoms with E-state index in [0.29, 0.717) is 5.92 Å². The van der Waals surface area contributed by atoms with Crippen LogP contribution in [0.4, 0.5) is 0 Å². The monoisotopic (exact) mass is 165 g/mol. The maximum absolute atomic E-state index is 3.18. The third-order valence-corrected chi connectivity index (χ3v) is 1.87. The lowest BCUT2D eigenvalue weighted by Crippen LogP contribution is -1.83. The van der Waals surface area contributed by atoms with Crippen molar-refractivity contribution in [3.63, 3.8) is 0 Å². The first kappa shape index (κ1) is 11.5. The molecular formula is C12H21. The minimum atomic E-state index is 0.685. The Labute approximate surface area is 77.4 Å². The zero-order chi connectivity index (χ0) is 9.40. The van der Waals surface area contributed by atoms with Crippen molar-refractivity contribution in [3.8, 4) is 0 Å². The quantitative estimate of drug-likeness (QED) is 0.540. The van der Waals surface area contributed by atoms with Gasteiger partial charge in [0, 0.05) is 0 Å². The van der Waals surface area contributed by atoms with Crippen molar-refractivity contribution in [3.05, 3.63) is 24.3 Å². The molecule has 0 fully saturated rings. The molecule has 0 saturated carbocycles. The molecular weight excluding hydrogens is 144 g/mol. The van der Waals surface area contributed by atoms with Crippen molar-refractivity contribution in [2.24, 2.45) is 11.8 Å². The van der Waals surface area contributed by atoms with Crippen LogP contribution in [0.1, 0.15) is 40.5 Å². The van der Waals surface area contributed by atoms with Crippen LogP contribution in [-0.4, -0.2) is 0 Å². The average Bonchev–Trinajstić information content (AvgIpc) is 2.03. The van der Waals surface area contributed by atoms with Crippen molar-refractivity contribution < 1.29 is 0 Å². The fourth-order valence-electron chi connectivity index (χ4n) is 0.728. The number of rotatable bonds is 5. The van der Waals surface area contributed by atoms with E-state index >= 15 is 0 Å². The Morgan fingerprint density at radius 1 is 1.25 bits per heavy atom. The Balaban J connectivity index is 3.52. The van der Waals surface area contributed by atoms with Gasteiger partial charge in [0.05, 0.1) is 0 Å². The molecule has 0 heteroatoms. The smallest absolute Gasteiger partial charge is 0.0230 e. The van der Waals surface area contributed by atoms with Crippen LogP contribution in [0.2, 0.25) is 0 Å². The zero-order valence-corrected chi connectivity index (χ0v) is 8.80. The Hall–Kier alpha value is -0.520. The molecule has 0 aromatic heterocycles. The number of allylic oxidation sites excluding steroid dienone is 4. The summed E-state index contributed by atoms with van der Waals surface area (Å²) in [5.74, 6) is 1.43. The van der Waals surface area contributed by atoms with E-state index in [2.05, 4.69) is 45.9 Å². The topological polar surface area (TPSA) is 0 Å². The molecule has 1 unspecified atom stereocenters. The largest absolute Gasteiger partial charge is 0.0811 e. The average molecular weight is 165 g/mol.